The summed E-state index contributed by atoms with van der Waals surface area (Å²) in [7, 11) is 1.69. The van der Waals surface area contributed by atoms with Gasteiger partial charge in [0.25, 0.3) is 0 Å². The van der Waals surface area contributed by atoms with Gasteiger partial charge in [0.05, 0.1) is 13.2 Å². The second-order valence-corrected chi connectivity index (χ2v) is 5.70. The first-order valence-corrected chi connectivity index (χ1v) is 8.32. The SMILES string of the molecule is CN=C(NCc1ccc2c(c1)OCCCO2)NCc1ccccc1F. The number of rotatable bonds is 4. The zero-order valence-electron chi connectivity index (χ0n) is 14.2. The third-order valence-electron chi connectivity index (χ3n) is 3.90. The molecule has 0 unspecified atom stereocenters. The molecule has 0 aromatic heterocycles. The lowest BCUT2D eigenvalue weighted by Crippen LogP contribution is -2.36. The van der Waals surface area contributed by atoms with E-state index in [2.05, 4.69) is 15.6 Å². The second kappa shape index (κ2) is 8.37. The van der Waals surface area contributed by atoms with E-state index >= 15 is 0 Å². The lowest BCUT2D eigenvalue weighted by Gasteiger charge is -2.13. The zero-order chi connectivity index (χ0) is 17.5. The predicted octanol–water partition coefficient (Wildman–Crippen LogP) is 2.85. The molecule has 0 saturated carbocycles. The van der Waals surface area contributed by atoms with Gasteiger partial charge in [-0.2, -0.15) is 0 Å². The van der Waals surface area contributed by atoms with Crippen molar-refractivity contribution in [3.63, 3.8) is 0 Å². The smallest absolute Gasteiger partial charge is 0.191 e. The fourth-order valence-corrected chi connectivity index (χ4v) is 2.54. The number of hydrogen-bond donors (Lipinski definition) is 2. The van der Waals surface area contributed by atoms with Crippen LogP contribution in [0.25, 0.3) is 0 Å². The fraction of sp³-hybridized carbons (Fsp3) is 0.316. The number of benzene rings is 2. The maximum atomic E-state index is 13.7. The van der Waals surface area contributed by atoms with E-state index in [9.17, 15) is 4.39 Å². The van der Waals surface area contributed by atoms with Crippen LogP contribution in [0, 0.1) is 5.82 Å². The molecule has 25 heavy (non-hydrogen) atoms. The van der Waals surface area contributed by atoms with Crippen LogP contribution in [0.3, 0.4) is 0 Å². The molecule has 5 nitrogen and oxygen atoms in total. The van der Waals surface area contributed by atoms with Crippen molar-refractivity contribution < 1.29 is 13.9 Å². The molecule has 0 saturated heterocycles. The highest BCUT2D eigenvalue weighted by atomic mass is 19.1. The number of guanidine groups is 1. The molecule has 0 atom stereocenters. The lowest BCUT2D eigenvalue weighted by atomic mass is 10.2. The Hall–Kier alpha value is -2.76. The molecule has 2 aromatic rings. The lowest BCUT2D eigenvalue weighted by molar-refractivity contribution is 0.297. The molecule has 0 bridgehead atoms. The van der Waals surface area contributed by atoms with Gasteiger partial charge in [-0.05, 0) is 23.8 Å². The highest BCUT2D eigenvalue weighted by Gasteiger charge is 2.11. The van der Waals surface area contributed by atoms with Crippen molar-refractivity contribution in [2.45, 2.75) is 19.5 Å². The number of nitrogens with one attached hydrogen (secondary N) is 2. The molecular formula is C19H22FN3O2. The van der Waals surface area contributed by atoms with Crippen molar-refractivity contribution in [3.05, 3.63) is 59.4 Å². The van der Waals surface area contributed by atoms with Crippen LogP contribution < -0.4 is 20.1 Å². The molecule has 0 fully saturated rings. The van der Waals surface area contributed by atoms with Crippen LogP contribution in [0.2, 0.25) is 0 Å². The number of nitrogens with zero attached hydrogens (tertiary/aromatic N) is 1. The van der Waals surface area contributed by atoms with E-state index in [0.29, 0.717) is 37.8 Å². The van der Waals surface area contributed by atoms with E-state index in [-0.39, 0.29) is 5.82 Å². The Kier molecular flexibility index (Phi) is 5.72. The van der Waals surface area contributed by atoms with Crippen molar-refractivity contribution >= 4 is 5.96 Å². The van der Waals surface area contributed by atoms with Crippen LogP contribution in [0.1, 0.15) is 17.5 Å². The molecule has 132 valence electrons. The average molecular weight is 343 g/mol. The molecule has 6 heteroatoms. The van der Waals surface area contributed by atoms with E-state index in [0.717, 1.165) is 23.5 Å². The minimum Gasteiger partial charge on any atom is -0.490 e. The van der Waals surface area contributed by atoms with E-state index < -0.39 is 0 Å². The highest BCUT2D eigenvalue weighted by Crippen LogP contribution is 2.30. The van der Waals surface area contributed by atoms with Crippen LogP contribution in [-0.4, -0.2) is 26.2 Å². The van der Waals surface area contributed by atoms with Crippen molar-refractivity contribution in [2.75, 3.05) is 20.3 Å². The number of ether oxygens (including phenoxy) is 2. The van der Waals surface area contributed by atoms with Crippen molar-refractivity contribution in [2.24, 2.45) is 4.99 Å². The van der Waals surface area contributed by atoms with Gasteiger partial charge in [0.2, 0.25) is 0 Å². The third kappa shape index (κ3) is 4.62. The Bertz CT molecular complexity index is 749. The summed E-state index contributed by atoms with van der Waals surface area (Å²) in [4.78, 5) is 4.17. The number of aliphatic imine (C=N–C) groups is 1. The summed E-state index contributed by atoms with van der Waals surface area (Å²) < 4.78 is 25.0. The summed E-state index contributed by atoms with van der Waals surface area (Å²) in [6.07, 6.45) is 0.884. The van der Waals surface area contributed by atoms with Gasteiger partial charge in [0, 0.05) is 32.1 Å². The van der Waals surface area contributed by atoms with Crippen LogP contribution in [0.15, 0.2) is 47.5 Å². The normalized spacial score (nSPS) is 13.9. The Labute approximate surface area is 146 Å². The Morgan fingerprint density at radius 2 is 1.80 bits per heavy atom. The van der Waals surface area contributed by atoms with E-state index in [1.807, 2.05) is 24.3 Å². The molecule has 0 radical (unpaired) electrons. The summed E-state index contributed by atoms with van der Waals surface area (Å²) >= 11 is 0. The van der Waals surface area contributed by atoms with Gasteiger partial charge in [0.15, 0.2) is 17.5 Å². The molecule has 2 N–H and O–H groups in total. The molecule has 0 amide bonds. The van der Waals surface area contributed by atoms with Gasteiger partial charge >= 0.3 is 0 Å². The van der Waals surface area contributed by atoms with Gasteiger partial charge in [-0.25, -0.2) is 4.39 Å². The molecule has 0 aliphatic carbocycles. The molecule has 1 heterocycles. The maximum absolute atomic E-state index is 13.7. The second-order valence-electron chi connectivity index (χ2n) is 5.70. The molecule has 2 aromatic carbocycles. The summed E-state index contributed by atoms with van der Waals surface area (Å²) in [6, 6.07) is 12.6. The monoisotopic (exact) mass is 343 g/mol. The summed E-state index contributed by atoms with van der Waals surface area (Å²) in [5.74, 6) is 1.93. The first-order chi connectivity index (χ1) is 12.3. The van der Waals surface area contributed by atoms with E-state index in [1.165, 1.54) is 6.07 Å². The van der Waals surface area contributed by atoms with Crippen molar-refractivity contribution in [3.8, 4) is 11.5 Å². The average Bonchev–Trinajstić information content (AvgIpc) is 2.88. The van der Waals surface area contributed by atoms with Crippen molar-refractivity contribution in [1.29, 1.82) is 0 Å². The zero-order valence-corrected chi connectivity index (χ0v) is 14.2. The largest absolute Gasteiger partial charge is 0.490 e. The predicted molar refractivity (Wildman–Crippen MR) is 95.5 cm³/mol. The van der Waals surface area contributed by atoms with E-state index in [1.54, 1.807) is 19.2 Å². The number of hydrogen-bond acceptors (Lipinski definition) is 3. The fourth-order valence-electron chi connectivity index (χ4n) is 2.54. The van der Waals surface area contributed by atoms with Crippen molar-refractivity contribution in [1.82, 2.24) is 10.6 Å². The topological polar surface area (TPSA) is 54.9 Å². The maximum Gasteiger partial charge on any atom is 0.191 e. The summed E-state index contributed by atoms with van der Waals surface area (Å²) in [6.45, 7) is 2.29. The van der Waals surface area contributed by atoms with Gasteiger partial charge in [-0.1, -0.05) is 24.3 Å². The molecular weight excluding hydrogens is 321 g/mol. The van der Waals surface area contributed by atoms with Gasteiger partial charge in [-0.3, -0.25) is 4.99 Å². The van der Waals surface area contributed by atoms with Crippen LogP contribution in [-0.2, 0) is 13.1 Å². The summed E-state index contributed by atoms with van der Waals surface area (Å²) in [5, 5.41) is 6.33. The van der Waals surface area contributed by atoms with Gasteiger partial charge in [-0.15, -0.1) is 0 Å². The van der Waals surface area contributed by atoms with Crippen LogP contribution in [0.4, 0.5) is 4.39 Å². The molecule has 1 aliphatic heterocycles. The first-order valence-electron chi connectivity index (χ1n) is 8.32. The summed E-state index contributed by atoms with van der Waals surface area (Å²) in [5.41, 5.74) is 1.65. The Morgan fingerprint density at radius 1 is 1.04 bits per heavy atom. The third-order valence-corrected chi connectivity index (χ3v) is 3.90. The minimum absolute atomic E-state index is 0.228. The van der Waals surface area contributed by atoms with Gasteiger partial charge in [0.1, 0.15) is 5.82 Å². The quantitative estimate of drug-likeness (QED) is 0.662. The molecule has 1 aliphatic rings. The first kappa shape index (κ1) is 17.1. The standard InChI is InChI=1S/C19H22FN3O2/c1-21-19(23-13-15-5-2-3-6-16(15)20)22-12-14-7-8-17-18(11-14)25-10-4-9-24-17/h2-3,5-8,11H,4,9-10,12-13H2,1H3,(H2,21,22,23). The van der Waals surface area contributed by atoms with E-state index in [4.69, 9.17) is 9.47 Å². The molecule has 0 spiro atoms. The van der Waals surface area contributed by atoms with Gasteiger partial charge < -0.3 is 20.1 Å². The molecule has 3 rings (SSSR count). The number of fused-ring (bicyclic) bond motifs is 1. The minimum atomic E-state index is -0.228. The Morgan fingerprint density at radius 3 is 2.60 bits per heavy atom. The number of halogens is 1. The highest BCUT2D eigenvalue weighted by molar-refractivity contribution is 5.79. The van der Waals surface area contributed by atoms with Crippen LogP contribution >= 0.6 is 0 Å². The van der Waals surface area contributed by atoms with Crippen LogP contribution in [0.5, 0.6) is 11.5 Å². The Balaban J connectivity index is 1.56.